The van der Waals surface area contributed by atoms with Gasteiger partial charge in [-0.25, -0.2) is 0 Å². The standard InChI is InChI=1S/C19H31N/c1-12(2)16-8-9-20(14(5)6)19-10-15(7)17(13(3)4)11-18(16)19/h10-14,16H,8-9H2,1-7H3. The van der Waals surface area contributed by atoms with Gasteiger partial charge in [0, 0.05) is 18.3 Å². The highest BCUT2D eigenvalue weighted by Gasteiger charge is 2.29. The SMILES string of the molecule is Cc1cc2c(cc1C(C)C)C(C(C)C)CCN2C(C)C. The van der Waals surface area contributed by atoms with Gasteiger partial charge in [-0.2, -0.15) is 0 Å². The second kappa shape index (κ2) is 5.79. The van der Waals surface area contributed by atoms with Crippen LogP contribution in [-0.2, 0) is 0 Å². The third kappa shape index (κ3) is 2.73. The van der Waals surface area contributed by atoms with Gasteiger partial charge < -0.3 is 4.90 Å². The fraction of sp³-hybridized carbons (Fsp3) is 0.684. The molecule has 1 aromatic carbocycles. The average molecular weight is 273 g/mol. The Morgan fingerprint density at radius 1 is 1.05 bits per heavy atom. The molecule has 1 unspecified atom stereocenters. The minimum absolute atomic E-state index is 0.589. The summed E-state index contributed by atoms with van der Waals surface area (Å²) in [6, 6.07) is 5.54. The van der Waals surface area contributed by atoms with E-state index in [9.17, 15) is 0 Å². The van der Waals surface area contributed by atoms with Crippen LogP contribution in [0.4, 0.5) is 5.69 Å². The number of rotatable bonds is 3. The number of anilines is 1. The van der Waals surface area contributed by atoms with Crippen molar-refractivity contribution in [2.75, 3.05) is 11.4 Å². The molecule has 1 atom stereocenters. The highest BCUT2D eigenvalue weighted by molar-refractivity contribution is 5.61. The second-order valence-electron chi connectivity index (χ2n) is 7.35. The van der Waals surface area contributed by atoms with Crippen LogP contribution in [0, 0.1) is 12.8 Å². The Morgan fingerprint density at radius 3 is 2.20 bits per heavy atom. The lowest BCUT2D eigenvalue weighted by Crippen LogP contribution is -2.37. The van der Waals surface area contributed by atoms with Gasteiger partial charge in [-0.1, -0.05) is 33.8 Å². The topological polar surface area (TPSA) is 3.24 Å². The molecule has 0 aromatic heterocycles. The molecule has 1 aliphatic heterocycles. The predicted octanol–water partition coefficient (Wildman–Crippen LogP) is 5.48. The van der Waals surface area contributed by atoms with E-state index in [1.807, 2.05) is 0 Å². The molecule has 0 saturated heterocycles. The molecule has 0 radical (unpaired) electrons. The van der Waals surface area contributed by atoms with E-state index in [-0.39, 0.29) is 0 Å². The van der Waals surface area contributed by atoms with E-state index in [1.165, 1.54) is 29.8 Å². The molecule has 0 aliphatic carbocycles. The van der Waals surface area contributed by atoms with Crippen molar-refractivity contribution in [2.45, 2.75) is 72.8 Å². The minimum Gasteiger partial charge on any atom is -0.369 e. The van der Waals surface area contributed by atoms with E-state index >= 15 is 0 Å². The monoisotopic (exact) mass is 273 g/mol. The van der Waals surface area contributed by atoms with Crippen LogP contribution in [0.3, 0.4) is 0 Å². The molecule has 0 spiro atoms. The van der Waals surface area contributed by atoms with Crippen LogP contribution in [0.25, 0.3) is 0 Å². The molecule has 0 N–H and O–H groups in total. The molecule has 0 bridgehead atoms. The molecular formula is C19H31N. The summed E-state index contributed by atoms with van der Waals surface area (Å²) in [6.07, 6.45) is 1.30. The number of hydrogen-bond donors (Lipinski definition) is 0. The Labute approximate surface area is 125 Å². The molecule has 0 saturated carbocycles. The smallest absolute Gasteiger partial charge is 0.0406 e. The van der Waals surface area contributed by atoms with E-state index < -0.39 is 0 Å². The van der Waals surface area contributed by atoms with Gasteiger partial charge in [0.05, 0.1) is 0 Å². The van der Waals surface area contributed by atoms with E-state index in [1.54, 1.807) is 5.56 Å². The maximum Gasteiger partial charge on any atom is 0.0406 e. The zero-order valence-corrected chi connectivity index (χ0v) is 14.3. The van der Waals surface area contributed by atoms with Crippen molar-refractivity contribution < 1.29 is 0 Å². The van der Waals surface area contributed by atoms with Crippen LogP contribution in [0.1, 0.15) is 76.5 Å². The van der Waals surface area contributed by atoms with Crippen LogP contribution in [0.5, 0.6) is 0 Å². The van der Waals surface area contributed by atoms with E-state index in [0.717, 1.165) is 11.8 Å². The van der Waals surface area contributed by atoms with Crippen molar-refractivity contribution >= 4 is 5.69 Å². The third-order valence-corrected chi connectivity index (χ3v) is 4.86. The summed E-state index contributed by atoms with van der Waals surface area (Å²) in [5.41, 5.74) is 6.06. The van der Waals surface area contributed by atoms with Gasteiger partial charge in [0.2, 0.25) is 0 Å². The maximum atomic E-state index is 2.59. The largest absolute Gasteiger partial charge is 0.369 e. The van der Waals surface area contributed by atoms with Gasteiger partial charge in [-0.15, -0.1) is 0 Å². The first kappa shape index (κ1) is 15.4. The van der Waals surface area contributed by atoms with Gasteiger partial charge in [-0.3, -0.25) is 0 Å². The molecule has 20 heavy (non-hydrogen) atoms. The molecule has 1 nitrogen and oxygen atoms in total. The molecule has 1 heteroatoms. The van der Waals surface area contributed by atoms with Crippen molar-refractivity contribution in [3.05, 3.63) is 28.8 Å². The summed E-state index contributed by atoms with van der Waals surface area (Å²) < 4.78 is 0. The highest BCUT2D eigenvalue weighted by atomic mass is 15.2. The van der Waals surface area contributed by atoms with E-state index in [2.05, 4.69) is 65.5 Å². The molecule has 112 valence electrons. The molecule has 0 amide bonds. The van der Waals surface area contributed by atoms with Crippen LogP contribution in [0.2, 0.25) is 0 Å². The molecule has 1 aromatic rings. The third-order valence-electron chi connectivity index (χ3n) is 4.86. The summed E-state index contributed by atoms with van der Waals surface area (Å²) in [5, 5.41) is 0. The summed E-state index contributed by atoms with van der Waals surface area (Å²) >= 11 is 0. The Bertz CT molecular complexity index is 471. The van der Waals surface area contributed by atoms with E-state index in [4.69, 9.17) is 0 Å². The fourth-order valence-electron chi connectivity index (χ4n) is 3.68. The molecule has 0 fully saturated rings. The number of fused-ring (bicyclic) bond motifs is 1. The number of hydrogen-bond acceptors (Lipinski definition) is 1. The lowest BCUT2D eigenvalue weighted by atomic mass is 9.79. The number of benzene rings is 1. The Morgan fingerprint density at radius 2 is 1.70 bits per heavy atom. The Balaban J connectivity index is 2.57. The summed E-state index contributed by atoms with van der Waals surface area (Å²) in [7, 11) is 0. The minimum atomic E-state index is 0.589. The molecular weight excluding hydrogens is 242 g/mol. The van der Waals surface area contributed by atoms with Gasteiger partial charge in [0.15, 0.2) is 0 Å². The second-order valence-corrected chi connectivity index (χ2v) is 7.35. The van der Waals surface area contributed by atoms with Crippen LogP contribution in [-0.4, -0.2) is 12.6 Å². The quantitative estimate of drug-likeness (QED) is 0.705. The van der Waals surface area contributed by atoms with Crippen molar-refractivity contribution in [3.63, 3.8) is 0 Å². The summed E-state index contributed by atoms with van der Waals surface area (Å²) in [6.45, 7) is 17.4. The van der Waals surface area contributed by atoms with Gasteiger partial charge in [0.25, 0.3) is 0 Å². The van der Waals surface area contributed by atoms with Crippen LogP contribution < -0.4 is 4.90 Å². The zero-order chi connectivity index (χ0) is 15.0. The average Bonchev–Trinajstić information content (AvgIpc) is 2.35. The first-order valence-corrected chi connectivity index (χ1v) is 8.24. The lowest BCUT2D eigenvalue weighted by Gasteiger charge is -2.40. The number of aryl methyl sites for hydroxylation is 1. The maximum absolute atomic E-state index is 2.59. The summed E-state index contributed by atoms with van der Waals surface area (Å²) in [5.74, 6) is 2.06. The molecule has 1 heterocycles. The van der Waals surface area contributed by atoms with Gasteiger partial charge in [0.1, 0.15) is 0 Å². The Kier molecular flexibility index (Phi) is 4.46. The first-order chi connectivity index (χ1) is 9.32. The molecule has 2 rings (SSSR count). The lowest BCUT2D eigenvalue weighted by molar-refractivity contribution is 0.441. The zero-order valence-electron chi connectivity index (χ0n) is 14.3. The first-order valence-electron chi connectivity index (χ1n) is 8.24. The van der Waals surface area contributed by atoms with Crippen molar-refractivity contribution in [2.24, 2.45) is 5.92 Å². The highest BCUT2D eigenvalue weighted by Crippen LogP contribution is 2.42. The van der Waals surface area contributed by atoms with E-state index in [0.29, 0.717) is 12.0 Å². The van der Waals surface area contributed by atoms with Gasteiger partial charge >= 0.3 is 0 Å². The van der Waals surface area contributed by atoms with Crippen LogP contribution >= 0.6 is 0 Å². The number of nitrogens with zero attached hydrogens (tertiary/aromatic N) is 1. The molecule has 1 aliphatic rings. The van der Waals surface area contributed by atoms with Crippen molar-refractivity contribution in [3.8, 4) is 0 Å². The Hall–Kier alpha value is -0.980. The summed E-state index contributed by atoms with van der Waals surface area (Å²) in [4.78, 5) is 2.59. The fourth-order valence-corrected chi connectivity index (χ4v) is 3.68. The predicted molar refractivity (Wildman–Crippen MR) is 89.9 cm³/mol. The van der Waals surface area contributed by atoms with Crippen molar-refractivity contribution in [1.29, 1.82) is 0 Å². The van der Waals surface area contributed by atoms with Crippen LogP contribution in [0.15, 0.2) is 12.1 Å². The normalized spacial score (nSPS) is 19.1. The van der Waals surface area contributed by atoms with Gasteiger partial charge in [-0.05, 0) is 67.7 Å². The van der Waals surface area contributed by atoms with Crippen molar-refractivity contribution in [1.82, 2.24) is 0 Å².